The summed E-state index contributed by atoms with van der Waals surface area (Å²) >= 11 is 0. The monoisotopic (exact) mass is 356 g/mol. The Bertz CT molecular complexity index is 1000. The molecule has 0 bridgehead atoms. The summed E-state index contributed by atoms with van der Waals surface area (Å²) in [5.74, 6) is 0.378. The maximum Gasteiger partial charge on any atom is 0.357 e. The summed E-state index contributed by atoms with van der Waals surface area (Å²) in [4.78, 5) is 31.0. The van der Waals surface area contributed by atoms with Crippen molar-refractivity contribution in [1.82, 2.24) is 29.3 Å². The number of hydrogen-bond donors (Lipinski definition) is 0. The zero-order valence-electron chi connectivity index (χ0n) is 14.0. The lowest BCUT2D eigenvalue weighted by Gasteiger charge is -2.25. The minimum absolute atomic E-state index is 0.110. The van der Waals surface area contributed by atoms with E-state index in [1.807, 2.05) is 0 Å². The van der Waals surface area contributed by atoms with Gasteiger partial charge in [0.25, 0.3) is 5.91 Å². The maximum atomic E-state index is 12.7. The van der Waals surface area contributed by atoms with Gasteiger partial charge in [-0.1, -0.05) is 5.21 Å². The molecular formula is C16H16N6O4. The number of rotatable bonds is 3. The highest BCUT2D eigenvalue weighted by atomic mass is 16.5. The Morgan fingerprint density at radius 3 is 2.62 bits per heavy atom. The second-order valence-electron chi connectivity index (χ2n) is 5.67. The van der Waals surface area contributed by atoms with E-state index in [4.69, 9.17) is 9.47 Å². The zero-order chi connectivity index (χ0) is 18.1. The lowest BCUT2D eigenvalue weighted by molar-refractivity contribution is 0.0300. The van der Waals surface area contributed by atoms with E-state index in [0.717, 1.165) is 4.68 Å². The molecule has 0 saturated carbocycles. The fourth-order valence-electron chi connectivity index (χ4n) is 2.76. The molecule has 2 aromatic heterocycles. The number of benzene rings is 1. The Kier molecular flexibility index (Phi) is 4.09. The summed E-state index contributed by atoms with van der Waals surface area (Å²) in [6.07, 6.45) is 1.29. The number of carbonyl (C=O) groups is 1. The smallest absolute Gasteiger partial charge is 0.357 e. The number of aromatic nitrogens is 5. The minimum Gasteiger partial charge on any atom is -0.497 e. The predicted octanol–water partition coefficient (Wildman–Crippen LogP) is -0.244. The van der Waals surface area contributed by atoms with Crippen LogP contribution in [0.3, 0.4) is 0 Å². The molecular weight excluding hydrogens is 340 g/mol. The molecule has 4 rings (SSSR count). The van der Waals surface area contributed by atoms with Gasteiger partial charge in [0.1, 0.15) is 12.1 Å². The summed E-state index contributed by atoms with van der Waals surface area (Å²) in [5.41, 5.74) is 0.309. The SMILES string of the molecule is COc1ccc(-n2nnc3c(C(=O)N4CCOCC4)ncn3c2=O)cc1. The van der Waals surface area contributed by atoms with Crippen molar-refractivity contribution in [1.29, 1.82) is 0 Å². The van der Waals surface area contributed by atoms with Crippen molar-refractivity contribution >= 4 is 11.6 Å². The van der Waals surface area contributed by atoms with Gasteiger partial charge in [0.2, 0.25) is 0 Å². The average molecular weight is 356 g/mol. The van der Waals surface area contributed by atoms with E-state index < -0.39 is 5.69 Å². The Morgan fingerprint density at radius 2 is 1.92 bits per heavy atom. The van der Waals surface area contributed by atoms with Gasteiger partial charge in [-0.3, -0.25) is 4.79 Å². The Balaban J connectivity index is 1.73. The van der Waals surface area contributed by atoms with Gasteiger partial charge in [-0.15, -0.1) is 5.10 Å². The second kappa shape index (κ2) is 6.56. The number of imidazole rings is 1. The highest BCUT2D eigenvalue weighted by Gasteiger charge is 2.24. The maximum absolute atomic E-state index is 12.7. The molecule has 1 aliphatic rings. The van der Waals surface area contributed by atoms with Crippen LogP contribution in [0, 0.1) is 0 Å². The zero-order valence-corrected chi connectivity index (χ0v) is 14.0. The topological polar surface area (TPSA) is 104 Å². The van der Waals surface area contributed by atoms with Gasteiger partial charge >= 0.3 is 5.69 Å². The second-order valence-corrected chi connectivity index (χ2v) is 5.67. The molecule has 10 heteroatoms. The van der Waals surface area contributed by atoms with Crippen molar-refractivity contribution in [3.8, 4) is 11.4 Å². The molecule has 3 heterocycles. The largest absolute Gasteiger partial charge is 0.497 e. The summed E-state index contributed by atoms with van der Waals surface area (Å²) in [6, 6.07) is 6.82. The van der Waals surface area contributed by atoms with Crippen molar-refractivity contribution < 1.29 is 14.3 Å². The molecule has 1 fully saturated rings. The lowest BCUT2D eigenvalue weighted by Crippen LogP contribution is -2.41. The quantitative estimate of drug-likeness (QED) is 0.638. The molecule has 0 atom stereocenters. The van der Waals surface area contributed by atoms with E-state index in [1.54, 1.807) is 36.3 Å². The molecule has 1 amide bonds. The number of ether oxygens (including phenoxy) is 2. The fraction of sp³-hybridized carbons (Fsp3) is 0.312. The fourth-order valence-corrected chi connectivity index (χ4v) is 2.76. The minimum atomic E-state index is -0.464. The molecule has 0 N–H and O–H groups in total. The molecule has 1 aromatic carbocycles. The number of hydrogen-bond acceptors (Lipinski definition) is 7. The number of nitrogens with zero attached hydrogens (tertiary/aromatic N) is 6. The predicted molar refractivity (Wildman–Crippen MR) is 89.7 cm³/mol. The third kappa shape index (κ3) is 2.69. The van der Waals surface area contributed by atoms with E-state index >= 15 is 0 Å². The Morgan fingerprint density at radius 1 is 1.19 bits per heavy atom. The van der Waals surface area contributed by atoms with Crippen LogP contribution in [0.5, 0.6) is 5.75 Å². The van der Waals surface area contributed by atoms with Crippen LogP contribution in [0.15, 0.2) is 35.4 Å². The summed E-state index contributed by atoms with van der Waals surface area (Å²) in [6.45, 7) is 1.92. The summed E-state index contributed by atoms with van der Waals surface area (Å²) in [7, 11) is 1.56. The van der Waals surface area contributed by atoms with Crippen LogP contribution in [0.4, 0.5) is 0 Å². The number of carbonyl (C=O) groups excluding carboxylic acids is 1. The molecule has 0 radical (unpaired) electrons. The van der Waals surface area contributed by atoms with Gasteiger partial charge in [-0.05, 0) is 24.3 Å². The van der Waals surface area contributed by atoms with E-state index in [-0.39, 0.29) is 17.2 Å². The molecule has 1 aliphatic heterocycles. The van der Waals surface area contributed by atoms with Crippen LogP contribution >= 0.6 is 0 Å². The highest BCUT2D eigenvalue weighted by Crippen LogP contribution is 2.13. The van der Waals surface area contributed by atoms with Crippen molar-refractivity contribution in [3.05, 3.63) is 46.8 Å². The van der Waals surface area contributed by atoms with Gasteiger partial charge in [0, 0.05) is 13.1 Å². The molecule has 1 saturated heterocycles. The van der Waals surface area contributed by atoms with Gasteiger partial charge < -0.3 is 14.4 Å². The number of fused-ring (bicyclic) bond motifs is 1. The first kappa shape index (κ1) is 16.2. The van der Waals surface area contributed by atoms with Gasteiger partial charge in [0.15, 0.2) is 11.3 Å². The van der Waals surface area contributed by atoms with Crippen LogP contribution in [0.25, 0.3) is 11.3 Å². The normalized spacial score (nSPS) is 14.6. The van der Waals surface area contributed by atoms with Crippen LogP contribution in [-0.4, -0.2) is 68.6 Å². The van der Waals surface area contributed by atoms with Crippen molar-refractivity contribution in [2.45, 2.75) is 0 Å². The highest BCUT2D eigenvalue weighted by molar-refractivity contribution is 5.97. The Labute approximate surface area is 147 Å². The molecule has 0 spiro atoms. The first-order valence-electron chi connectivity index (χ1n) is 8.03. The van der Waals surface area contributed by atoms with Crippen LogP contribution in [0.2, 0.25) is 0 Å². The van der Waals surface area contributed by atoms with Gasteiger partial charge in [-0.2, -0.15) is 4.68 Å². The molecule has 26 heavy (non-hydrogen) atoms. The van der Waals surface area contributed by atoms with Crippen LogP contribution < -0.4 is 10.4 Å². The lowest BCUT2D eigenvalue weighted by atomic mass is 10.3. The number of amides is 1. The van der Waals surface area contributed by atoms with Crippen molar-refractivity contribution in [2.75, 3.05) is 33.4 Å². The van der Waals surface area contributed by atoms with E-state index in [9.17, 15) is 9.59 Å². The van der Waals surface area contributed by atoms with Gasteiger partial charge in [-0.25, -0.2) is 14.2 Å². The number of morpholine rings is 1. The summed E-state index contributed by atoms with van der Waals surface area (Å²) < 4.78 is 12.7. The first-order valence-corrected chi connectivity index (χ1v) is 8.03. The molecule has 0 unspecified atom stereocenters. The third-order valence-electron chi connectivity index (χ3n) is 4.18. The Hall–Kier alpha value is -3.27. The number of methoxy groups -OCH3 is 1. The van der Waals surface area contributed by atoms with Gasteiger partial charge in [0.05, 0.1) is 26.0 Å². The molecule has 0 aliphatic carbocycles. The average Bonchev–Trinajstić information content (AvgIpc) is 3.13. The van der Waals surface area contributed by atoms with Crippen molar-refractivity contribution in [3.63, 3.8) is 0 Å². The van der Waals surface area contributed by atoms with Crippen LogP contribution in [-0.2, 0) is 4.74 Å². The molecule has 10 nitrogen and oxygen atoms in total. The van der Waals surface area contributed by atoms with E-state index in [1.165, 1.54) is 10.7 Å². The molecule has 3 aromatic rings. The standard InChI is InChI=1S/C16H16N6O4/c1-25-12-4-2-11(3-5-12)22-16(24)21-10-17-13(14(21)18-19-22)15(23)20-6-8-26-9-7-20/h2-5,10H,6-9H2,1H3. The summed E-state index contributed by atoms with van der Waals surface area (Å²) in [5, 5.41) is 7.99. The van der Waals surface area contributed by atoms with Crippen molar-refractivity contribution in [2.24, 2.45) is 0 Å². The third-order valence-corrected chi connectivity index (χ3v) is 4.18. The molecule has 134 valence electrons. The van der Waals surface area contributed by atoms with E-state index in [2.05, 4.69) is 15.3 Å². The van der Waals surface area contributed by atoms with E-state index in [0.29, 0.717) is 37.7 Å². The first-order chi connectivity index (χ1) is 12.7. The van der Waals surface area contributed by atoms with Crippen LogP contribution in [0.1, 0.15) is 10.5 Å².